The molecule has 2 unspecified atom stereocenters. The van der Waals surface area contributed by atoms with Crippen LogP contribution in [-0.2, 0) is 19.3 Å². The number of hydrogen-bond acceptors (Lipinski definition) is 6. The molecular formula is C22H30O6S. The molecule has 0 aliphatic heterocycles. The maximum Gasteiger partial charge on any atom is 0.206 e. The van der Waals surface area contributed by atoms with Gasteiger partial charge in [0, 0.05) is 26.1 Å². The van der Waals surface area contributed by atoms with E-state index in [1.807, 2.05) is 27.7 Å². The van der Waals surface area contributed by atoms with Crippen LogP contribution in [0.5, 0.6) is 11.5 Å². The van der Waals surface area contributed by atoms with E-state index in [0.717, 1.165) is 0 Å². The Labute approximate surface area is 173 Å². The van der Waals surface area contributed by atoms with Crippen molar-refractivity contribution in [3.63, 3.8) is 0 Å². The molecule has 0 N–H and O–H groups in total. The first-order chi connectivity index (χ1) is 13.9. The minimum atomic E-state index is -3.63. The quantitative estimate of drug-likeness (QED) is 0.457. The molecule has 0 saturated heterocycles. The highest BCUT2D eigenvalue weighted by molar-refractivity contribution is 7.91. The average molecular weight is 423 g/mol. The maximum atomic E-state index is 12.9. The molecule has 0 amide bonds. The average Bonchev–Trinajstić information content (AvgIpc) is 2.74. The summed E-state index contributed by atoms with van der Waals surface area (Å²) in [5, 5.41) is 0. The van der Waals surface area contributed by atoms with Crippen LogP contribution in [0.1, 0.15) is 40.5 Å². The van der Waals surface area contributed by atoms with Gasteiger partial charge in [-0.15, -0.1) is 0 Å². The van der Waals surface area contributed by atoms with Crippen molar-refractivity contribution < 1.29 is 27.4 Å². The van der Waals surface area contributed by atoms with Crippen LogP contribution in [0.3, 0.4) is 0 Å². The molecule has 7 heteroatoms. The third kappa shape index (κ3) is 6.45. The molecule has 0 fully saturated rings. The van der Waals surface area contributed by atoms with Crippen molar-refractivity contribution in [2.75, 3.05) is 13.2 Å². The predicted octanol–water partition coefficient (Wildman–Crippen LogP) is 4.82. The van der Waals surface area contributed by atoms with Crippen molar-refractivity contribution in [2.45, 2.75) is 62.9 Å². The summed E-state index contributed by atoms with van der Waals surface area (Å²) in [5.74, 6) is 1.13. The van der Waals surface area contributed by atoms with E-state index in [9.17, 15) is 8.42 Å². The van der Waals surface area contributed by atoms with Gasteiger partial charge in [-0.2, -0.15) is 0 Å². The van der Waals surface area contributed by atoms with E-state index < -0.39 is 9.84 Å². The van der Waals surface area contributed by atoms with Crippen LogP contribution in [0.15, 0.2) is 58.3 Å². The highest BCUT2D eigenvalue weighted by atomic mass is 32.2. The zero-order valence-electron chi connectivity index (χ0n) is 17.5. The molecule has 6 nitrogen and oxygen atoms in total. The Kier molecular flexibility index (Phi) is 8.95. The Bertz CT molecular complexity index is 765. The molecule has 0 aromatic heterocycles. The number of ether oxygens (including phenoxy) is 4. The van der Waals surface area contributed by atoms with Crippen LogP contribution in [0.25, 0.3) is 0 Å². The Morgan fingerprint density at radius 2 is 1.00 bits per heavy atom. The molecule has 2 aromatic rings. The maximum absolute atomic E-state index is 12.9. The molecule has 2 rings (SSSR count). The van der Waals surface area contributed by atoms with E-state index in [4.69, 9.17) is 18.9 Å². The summed E-state index contributed by atoms with van der Waals surface area (Å²) in [6.07, 6.45) is 0.701. The lowest BCUT2D eigenvalue weighted by atomic mass is 10.3. The van der Waals surface area contributed by atoms with Gasteiger partial charge in [-0.3, -0.25) is 0 Å². The fourth-order valence-corrected chi connectivity index (χ4v) is 3.94. The molecule has 160 valence electrons. The summed E-state index contributed by atoms with van der Waals surface area (Å²) < 4.78 is 48.1. The highest BCUT2D eigenvalue weighted by Gasteiger charge is 2.18. The summed E-state index contributed by atoms with van der Waals surface area (Å²) in [4.78, 5) is 0.396. The summed E-state index contributed by atoms with van der Waals surface area (Å²) in [7, 11) is -3.63. The lowest BCUT2D eigenvalue weighted by molar-refractivity contribution is -0.0769. The van der Waals surface area contributed by atoms with Crippen LogP contribution >= 0.6 is 0 Å². The van der Waals surface area contributed by atoms with Gasteiger partial charge in [0.25, 0.3) is 0 Å². The fourth-order valence-electron chi connectivity index (χ4n) is 2.68. The second kappa shape index (κ2) is 11.2. The van der Waals surface area contributed by atoms with Gasteiger partial charge < -0.3 is 18.9 Å². The molecule has 0 aliphatic carbocycles. The van der Waals surface area contributed by atoms with Crippen molar-refractivity contribution in [3.8, 4) is 11.5 Å². The number of hydrogen-bond donors (Lipinski definition) is 0. The standard InChI is InChI=1S/C22H30O6S/c1-5-21(25-7-3)27-17-9-13-19(14-10-17)29(23,24)20-15-11-18(12-16-20)28-22(6-2)26-8-4/h9-16,21-22H,5-8H2,1-4H3. The second-order valence-electron chi connectivity index (χ2n) is 6.27. The first-order valence-electron chi connectivity index (χ1n) is 9.96. The van der Waals surface area contributed by atoms with Gasteiger partial charge in [-0.25, -0.2) is 8.42 Å². The zero-order chi connectivity index (χ0) is 21.3. The molecule has 0 spiro atoms. The van der Waals surface area contributed by atoms with E-state index in [0.29, 0.717) is 37.6 Å². The van der Waals surface area contributed by atoms with Crippen LogP contribution in [0, 0.1) is 0 Å². The van der Waals surface area contributed by atoms with Gasteiger partial charge in [-0.1, -0.05) is 13.8 Å². The predicted molar refractivity (Wildman–Crippen MR) is 111 cm³/mol. The van der Waals surface area contributed by atoms with Gasteiger partial charge in [0.05, 0.1) is 9.79 Å². The van der Waals surface area contributed by atoms with Crippen molar-refractivity contribution >= 4 is 9.84 Å². The van der Waals surface area contributed by atoms with Gasteiger partial charge in [-0.05, 0) is 62.4 Å². The smallest absolute Gasteiger partial charge is 0.206 e. The molecule has 29 heavy (non-hydrogen) atoms. The van der Waals surface area contributed by atoms with Crippen molar-refractivity contribution in [1.82, 2.24) is 0 Å². The van der Waals surface area contributed by atoms with Crippen LogP contribution in [0.4, 0.5) is 0 Å². The first kappa shape index (κ1) is 23.2. The van der Waals surface area contributed by atoms with Crippen LogP contribution in [0.2, 0.25) is 0 Å². The number of sulfone groups is 1. The largest absolute Gasteiger partial charge is 0.465 e. The fraction of sp³-hybridized carbons (Fsp3) is 0.455. The van der Waals surface area contributed by atoms with Gasteiger partial charge >= 0.3 is 0 Å². The van der Waals surface area contributed by atoms with E-state index >= 15 is 0 Å². The van der Waals surface area contributed by atoms with Gasteiger partial charge in [0.2, 0.25) is 9.84 Å². The Morgan fingerprint density at radius 1 is 0.655 bits per heavy atom. The summed E-state index contributed by atoms with van der Waals surface area (Å²) in [6, 6.07) is 12.7. The summed E-state index contributed by atoms with van der Waals surface area (Å²) in [5.41, 5.74) is 0. The monoisotopic (exact) mass is 422 g/mol. The number of benzene rings is 2. The normalized spacial score (nSPS) is 13.7. The molecule has 0 aliphatic rings. The third-order valence-electron chi connectivity index (χ3n) is 4.17. The van der Waals surface area contributed by atoms with Gasteiger partial charge in [0.1, 0.15) is 11.5 Å². The second-order valence-corrected chi connectivity index (χ2v) is 8.22. The van der Waals surface area contributed by atoms with E-state index in [1.54, 1.807) is 24.3 Å². The third-order valence-corrected chi connectivity index (χ3v) is 5.96. The molecule has 0 heterocycles. The van der Waals surface area contributed by atoms with E-state index in [-0.39, 0.29) is 22.4 Å². The first-order valence-corrected chi connectivity index (χ1v) is 11.4. The van der Waals surface area contributed by atoms with Crippen molar-refractivity contribution in [3.05, 3.63) is 48.5 Å². The van der Waals surface area contributed by atoms with Crippen LogP contribution < -0.4 is 9.47 Å². The summed E-state index contributed by atoms with van der Waals surface area (Å²) in [6.45, 7) is 8.82. The van der Waals surface area contributed by atoms with Crippen LogP contribution in [-0.4, -0.2) is 34.2 Å². The minimum absolute atomic E-state index is 0.198. The molecule has 2 aromatic carbocycles. The van der Waals surface area contributed by atoms with Crippen molar-refractivity contribution in [1.29, 1.82) is 0 Å². The molecule has 0 radical (unpaired) electrons. The SMILES string of the molecule is CCOC(CC)Oc1ccc(S(=O)(=O)c2ccc(OC(CC)OCC)cc2)cc1. The molecule has 0 bridgehead atoms. The Hall–Kier alpha value is -2.09. The zero-order valence-corrected chi connectivity index (χ0v) is 18.3. The Morgan fingerprint density at radius 3 is 1.28 bits per heavy atom. The lowest BCUT2D eigenvalue weighted by Crippen LogP contribution is -2.19. The van der Waals surface area contributed by atoms with Gasteiger partial charge in [0.15, 0.2) is 12.6 Å². The molecule has 2 atom stereocenters. The highest BCUT2D eigenvalue weighted by Crippen LogP contribution is 2.26. The minimum Gasteiger partial charge on any atom is -0.465 e. The summed E-state index contributed by atoms with van der Waals surface area (Å²) >= 11 is 0. The van der Waals surface area contributed by atoms with E-state index in [1.165, 1.54) is 24.3 Å². The van der Waals surface area contributed by atoms with E-state index in [2.05, 4.69) is 0 Å². The Balaban J connectivity index is 2.11. The molecule has 0 saturated carbocycles. The van der Waals surface area contributed by atoms with Crippen molar-refractivity contribution in [2.24, 2.45) is 0 Å². The lowest BCUT2D eigenvalue weighted by Gasteiger charge is -2.17. The molecular weight excluding hydrogens is 392 g/mol. The topological polar surface area (TPSA) is 71.1 Å². The number of rotatable bonds is 12.